The summed E-state index contributed by atoms with van der Waals surface area (Å²) >= 11 is 1.64. The molecule has 0 spiro atoms. The molecule has 0 atom stereocenters. The van der Waals surface area contributed by atoms with Gasteiger partial charge in [0, 0.05) is 16.8 Å². The molecule has 0 saturated carbocycles. The number of hydrogen-bond acceptors (Lipinski definition) is 3. The van der Waals surface area contributed by atoms with Crippen LogP contribution in [0, 0.1) is 6.92 Å². The summed E-state index contributed by atoms with van der Waals surface area (Å²) < 4.78 is 0. The Bertz CT molecular complexity index is 580. The average molecular weight is 402 g/mol. The molecule has 0 saturated heterocycles. The summed E-state index contributed by atoms with van der Waals surface area (Å²) in [6.07, 6.45) is 2.85. The smallest absolute Gasteiger partial charge is 0.193 e. The van der Waals surface area contributed by atoms with E-state index in [0.29, 0.717) is 12.5 Å². The summed E-state index contributed by atoms with van der Waals surface area (Å²) in [5, 5.41) is 4.15. The van der Waals surface area contributed by atoms with Gasteiger partial charge in [0.05, 0.1) is 11.6 Å². The molecular formula is C14H19IN4S. The van der Waals surface area contributed by atoms with Crippen LogP contribution in [0.5, 0.6) is 0 Å². The number of nitrogens with zero attached hydrogens (tertiary/aromatic N) is 2. The molecule has 0 aliphatic rings. The van der Waals surface area contributed by atoms with Gasteiger partial charge in [0.2, 0.25) is 0 Å². The topological polar surface area (TPSA) is 63.3 Å². The van der Waals surface area contributed by atoms with E-state index in [1.165, 1.54) is 5.56 Å². The van der Waals surface area contributed by atoms with Crippen molar-refractivity contribution >= 4 is 47.0 Å². The van der Waals surface area contributed by atoms with Crippen molar-refractivity contribution in [3.63, 3.8) is 0 Å². The van der Waals surface area contributed by atoms with Crippen LogP contribution in [-0.2, 0) is 13.0 Å². The van der Waals surface area contributed by atoms with Crippen molar-refractivity contribution in [1.29, 1.82) is 0 Å². The number of nitrogens with one attached hydrogen (secondary N) is 1. The number of rotatable bonds is 4. The first-order valence-corrected chi connectivity index (χ1v) is 7.06. The van der Waals surface area contributed by atoms with Crippen LogP contribution >= 0.6 is 35.3 Å². The first kappa shape index (κ1) is 16.9. The Labute approximate surface area is 140 Å². The van der Waals surface area contributed by atoms with Crippen LogP contribution in [-0.4, -0.2) is 10.9 Å². The minimum Gasteiger partial charge on any atom is -0.370 e. The zero-order valence-corrected chi connectivity index (χ0v) is 14.7. The Balaban J connectivity index is 0.00000200. The van der Waals surface area contributed by atoms with Gasteiger partial charge in [-0.15, -0.1) is 35.3 Å². The number of aromatic nitrogens is 1. The van der Waals surface area contributed by atoms with Crippen LogP contribution in [0.15, 0.2) is 35.5 Å². The maximum Gasteiger partial charge on any atom is 0.193 e. The molecule has 0 unspecified atom stereocenters. The Kier molecular flexibility index (Phi) is 6.94. The summed E-state index contributed by atoms with van der Waals surface area (Å²) in [5.41, 5.74) is 8.12. The monoisotopic (exact) mass is 402 g/mol. The molecule has 0 aliphatic carbocycles. The molecule has 1 heterocycles. The minimum absolute atomic E-state index is 0. The van der Waals surface area contributed by atoms with Crippen molar-refractivity contribution in [1.82, 2.24) is 4.98 Å². The molecule has 6 heteroatoms. The Morgan fingerprint density at radius 2 is 2.25 bits per heavy atom. The van der Waals surface area contributed by atoms with E-state index in [0.717, 1.165) is 22.0 Å². The van der Waals surface area contributed by atoms with Crippen LogP contribution in [0.3, 0.4) is 0 Å². The van der Waals surface area contributed by atoms with E-state index in [4.69, 9.17) is 5.73 Å². The fraction of sp³-hybridized carbons (Fsp3) is 0.286. The first-order valence-electron chi connectivity index (χ1n) is 6.24. The Hall–Kier alpha value is -1.15. The lowest BCUT2D eigenvalue weighted by atomic mass is 10.1. The summed E-state index contributed by atoms with van der Waals surface area (Å²) in [7, 11) is 0. The number of thiazole rings is 1. The molecule has 0 radical (unpaired) electrons. The molecule has 20 heavy (non-hydrogen) atoms. The van der Waals surface area contributed by atoms with Gasteiger partial charge in [-0.3, -0.25) is 0 Å². The number of hydrogen-bond donors (Lipinski definition) is 2. The molecule has 0 aliphatic heterocycles. The van der Waals surface area contributed by atoms with Gasteiger partial charge in [0.25, 0.3) is 0 Å². The van der Waals surface area contributed by atoms with Crippen molar-refractivity contribution in [3.05, 3.63) is 45.9 Å². The lowest BCUT2D eigenvalue weighted by molar-refractivity contribution is 1.08. The summed E-state index contributed by atoms with van der Waals surface area (Å²) in [4.78, 5) is 9.62. The number of benzene rings is 1. The highest BCUT2D eigenvalue weighted by Crippen LogP contribution is 2.13. The van der Waals surface area contributed by atoms with Gasteiger partial charge in [-0.05, 0) is 31.0 Å². The van der Waals surface area contributed by atoms with E-state index in [-0.39, 0.29) is 24.0 Å². The molecule has 0 amide bonds. The van der Waals surface area contributed by atoms with Gasteiger partial charge in [-0.25, -0.2) is 9.98 Å². The summed E-state index contributed by atoms with van der Waals surface area (Å²) in [6, 6.07) is 8.18. The van der Waals surface area contributed by atoms with Crippen molar-refractivity contribution < 1.29 is 0 Å². The molecule has 2 rings (SSSR count). The highest BCUT2D eigenvalue weighted by atomic mass is 127. The molecule has 4 nitrogen and oxygen atoms in total. The second-order valence-corrected chi connectivity index (χ2v) is 5.55. The van der Waals surface area contributed by atoms with Gasteiger partial charge in [0.1, 0.15) is 0 Å². The van der Waals surface area contributed by atoms with Gasteiger partial charge in [-0.2, -0.15) is 0 Å². The standard InChI is InChI=1S/C14H18N4S.HI/c1-3-11-5-4-6-12(7-11)18-14(15)17-9-13-8-16-10(2)19-13;/h4-8H,3,9H2,1-2H3,(H3,15,17,18);1H. The number of halogens is 1. The SMILES string of the molecule is CCc1cccc(NC(N)=NCc2cnc(C)s2)c1.I. The van der Waals surface area contributed by atoms with E-state index in [9.17, 15) is 0 Å². The third-order valence-electron chi connectivity index (χ3n) is 2.68. The third kappa shape index (κ3) is 5.09. The maximum absolute atomic E-state index is 5.88. The first-order chi connectivity index (χ1) is 9.17. The van der Waals surface area contributed by atoms with Crippen molar-refractivity contribution in [2.75, 3.05) is 5.32 Å². The highest BCUT2D eigenvalue weighted by molar-refractivity contribution is 14.0. The summed E-state index contributed by atoms with van der Waals surface area (Å²) in [6.45, 7) is 4.68. The quantitative estimate of drug-likeness (QED) is 0.467. The fourth-order valence-electron chi connectivity index (χ4n) is 1.70. The van der Waals surface area contributed by atoms with Crippen LogP contribution in [0.1, 0.15) is 22.4 Å². The predicted octanol–water partition coefficient (Wildman–Crippen LogP) is 3.56. The Morgan fingerprint density at radius 3 is 2.90 bits per heavy atom. The maximum atomic E-state index is 5.88. The number of nitrogens with two attached hydrogens (primary N) is 1. The molecule has 3 N–H and O–H groups in total. The van der Waals surface area contributed by atoms with Crippen LogP contribution < -0.4 is 11.1 Å². The number of anilines is 1. The van der Waals surface area contributed by atoms with Gasteiger partial charge < -0.3 is 11.1 Å². The summed E-state index contributed by atoms with van der Waals surface area (Å²) in [5.74, 6) is 0.430. The van der Waals surface area contributed by atoms with E-state index in [2.05, 4.69) is 34.3 Å². The van der Waals surface area contributed by atoms with Gasteiger partial charge >= 0.3 is 0 Å². The highest BCUT2D eigenvalue weighted by Gasteiger charge is 1.99. The number of guanidine groups is 1. The second-order valence-electron chi connectivity index (χ2n) is 4.23. The minimum atomic E-state index is 0. The average Bonchev–Trinajstić information content (AvgIpc) is 2.82. The van der Waals surface area contributed by atoms with E-state index >= 15 is 0 Å². The normalized spacial score (nSPS) is 11.0. The lowest BCUT2D eigenvalue weighted by Crippen LogP contribution is -2.22. The molecule has 1 aromatic carbocycles. The molecule has 108 valence electrons. The van der Waals surface area contributed by atoms with Crippen LogP contribution in [0.2, 0.25) is 0 Å². The second kappa shape index (κ2) is 8.21. The molecule has 1 aromatic heterocycles. The van der Waals surface area contributed by atoms with Crippen LogP contribution in [0.4, 0.5) is 5.69 Å². The zero-order valence-electron chi connectivity index (χ0n) is 11.6. The number of aliphatic imine (C=N–C) groups is 1. The van der Waals surface area contributed by atoms with Gasteiger partial charge in [0.15, 0.2) is 5.96 Å². The van der Waals surface area contributed by atoms with E-state index < -0.39 is 0 Å². The molecular weight excluding hydrogens is 383 g/mol. The van der Waals surface area contributed by atoms with Crippen molar-refractivity contribution in [3.8, 4) is 0 Å². The zero-order chi connectivity index (χ0) is 13.7. The Morgan fingerprint density at radius 1 is 1.45 bits per heavy atom. The molecule has 0 bridgehead atoms. The van der Waals surface area contributed by atoms with E-state index in [1.807, 2.05) is 25.3 Å². The van der Waals surface area contributed by atoms with Gasteiger partial charge in [-0.1, -0.05) is 19.1 Å². The van der Waals surface area contributed by atoms with Crippen molar-refractivity contribution in [2.24, 2.45) is 10.7 Å². The third-order valence-corrected chi connectivity index (χ3v) is 3.58. The fourth-order valence-corrected chi connectivity index (χ4v) is 2.42. The molecule has 0 fully saturated rings. The number of aryl methyl sites for hydroxylation is 2. The van der Waals surface area contributed by atoms with Crippen LogP contribution in [0.25, 0.3) is 0 Å². The van der Waals surface area contributed by atoms with Crippen molar-refractivity contribution in [2.45, 2.75) is 26.8 Å². The predicted molar refractivity (Wildman–Crippen MR) is 97.0 cm³/mol. The van der Waals surface area contributed by atoms with E-state index in [1.54, 1.807) is 11.3 Å². The molecule has 2 aromatic rings. The lowest BCUT2D eigenvalue weighted by Gasteiger charge is -2.06. The largest absolute Gasteiger partial charge is 0.370 e.